The lowest BCUT2D eigenvalue weighted by Crippen LogP contribution is -2.48. The molecular weight excluding hydrogens is 338 g/mol. The third-order valence-electron chi connectivity index (χ3n) is 4.97. The molecule has 138 valence electrons. The summed E-state index contributed by atoms with van der Waals surface area (Å²) in [6, 6.07) is 6.37. The molecular formula is C18H27N3O3S. The van der Waals surface area contributed by atoms with Crippen LogP contribution >= 0.6 is 0 Å². The fourth-order valence-corrected chi connectivity index (χ4v) is 5.06. The van der Waals surface area contributed by atoms with Gasteiger partial charge < -0.3 is 10.6 Å². The molecule has 25 heavy (non-hydrogen) atoms. The molecule has 0 heterocycles. The summed E-state index contributed by atoms with van der Waals surface area (Å²) in [5.74, 6) is 1.39. The van der Waals surface area contributed by atoms with Crippen molar-refractivity contribution in [3.05, 3.63) is 24.3 Å². The third-order valence-corrected chi connectivity index (χ3v) is 6.36. The van der Waals surface area contributed by atoms with Crippen LogP contribution in [-0.4, -0.2) is 26.0 Å². The van der Waals surface area contributed by atoms with Gasteiger partial charge in [0.15, 0.2) is 0 Å². The van der Waals surface area contributed by atoms with Crippen molar-refractivity contribution >= 4 is 21.7 Å². The first kappa shape index (κ1) is 18.0. The molecule has 0 aliphatic heterocycles. The van der Waals surface area contributed by atoms with E-state index in [-0.39, 0.29) is 4.90 Å². The molecule has 0 spiro atoms. The van der Waals surface area contributed by atoms with Crippen molar-refractivity contribution in [3.8, 4) is 0 Å². The zero-order valence-corrected chi connectivity index (χ0v) is 15.8. The van der Waals surface area contributed by atoms with Crippen LogP contribution in [0, 0.1) is 11.8 Å². The minimum absolute atomic E-state index is 0.113. The van der Waals surface area contributed by atoms with E-state index in [0.717, 1.165) is 12.3 Å². The van der Waals surface area contributed by atoms with E-state index in [0.29, 0.717) is 17.6 Å². The number of nitrogens with one attached hydrogen (secondary N) is 3. The van der Waals surface area contributed by atoms with Gasteiger partial charge in [-0.05, 0) is 64.0 Å². The van der Waals surface area contributed by atoms with Gasteiger partial charge in [-0.3, -0.25) is 0 Å². The Bertz CT molecular complexity index is 755. The minimum Gasteiger partial charge on any atom is -0.381 e. The number of carbonyl (C=O) groups is 1. The van der Waals surface area contributed by atoms with Crippen LogP contribution in [0.25, 0.3) is 0 Å². The third kappa shape index (κ3) is 4.26. The van der Waals surface area contributed by atoms with Crippen molar-refractivity contribution in [2.45, 2.75) is 62.9 Å². The van der Waals surface area contributed by atoms with Gasteiger partial charge in [0.2, 0.25) is 0 Å². The summed E-state index contributed by atoms with van der Waals surface area (Å²) in [6.45, 7) is 5.39. The van der Waals surface area contributed by atoms with Gasteiger partial charge in [0.25, 0.3) is 10.0 Å². The number of anilines is 1. The summed E-state index contributed by atoms with van der Waals surface area (Å²) in [6.07, 6.45) is 4.83. The van der Waals surface area contributed by atoms with Crippen LogP contribution in [0.5, 0.6) is 0 Å². The highest BCUT2D eigenvalue weighted by atomic mass is 32.2. The van der Waals surface area contributed by atoms with Crippen LogP contribution in [0.2, 0.25) is 0 Å². The fraction of sp³-hybridized carbons (Fsp3) is 0.611. The van der Waals surface area contributed by atoms with Gasteiger partial charge in [-0.1, -0.05) is 18.6 Å². The number of fused-ring (bicyclic) bond motifs is 2. The van der Waals surface area contributed by atoms with E-state index < -0.39 is 21.6 Å². The van der Waals surface area contributed by atoms with Gasteiger partial charge in [0.1, 0.15) is 4.90 Å². The Hall–Kier alpha value is -1.76. The highest BCUT2D eigenvalue weighted by Crippen LogP contribution is 2.45. The molecule has 2 amide bonds. The molecule has 3 N–H and O–H groups in total. The van der Waals surface area contributed by atoms with Gasteiger partial charge in [-0.15, -0.1) is 0 Å². The molecule has 2 fully saturated rings. The first-order valence-electron chi connectivity index (χ1n) is 8.84. The molecule has 7 heteroatoms. The van der Waals surface area contributed by atoms with Gasteiger partial charge in [0, 0.05) is 11.6 Å². The summed E-state index contributed by atoms with van der Waals surface area (Å²) in [7, 11) is -3.94. The fourth-order valence-electron chi connectivity index (χ4n) is 3.98. The zero-order valence-electron chi connectivity index (χ0n) is 15.0. The van der Waals surface area contributed by atoms with Gasteiger partial charge in [-0.2, -0.15) is 0 Å². The summed E-state index contributed by atoms with van der Waals surface area (Å²) in [4.78, 5) is 12.1. The zero-order chi connectivity index (χ0) is 18.2. The van der Waals surface area contributed by atoms with Crippen LogP contribution in [0.1, 0.15) is 46.5 Å². The molecule has 2 bridgehead atoms. The number of hydrogen-bond donors (Lipinski definition) is 3. The van der Waals surface area contributed by atoms with E-state index in [9.17, 15) is 13.2 Å². The summed E-state index contributed by atoms with van der Waals surface area (Å²) in [5, 5.41) is 6.03. The average molecular weight is 365 g/mol. The molecule has 0 saturated heterocycles. The Labute approximate surface area is 149 Å². The number of benzene rings is 1. The molecule has 3 rings (SSSR count). The number of sulfonamides is 1. The van der Waals surface area contributed by atoms with E-state index in [2.05, 4.69) is 15.4 Å². The number of para-hydroxylation sites is 1. The first-order valence-corrected chi connectivity index (χ1v) is 10.3. The lowest BCUT2D eigenvalue weighted by molar-refractivity contribution is 0.237. The molecule has 1 aromatic rings. The Morgan fingerprint density at radius 3 is 2.44 bits per heavy atom. The minimum atomic E-state index is -3.94. The average Bonchev–Trinajstić information content (AvgIpc) is 3.07. The second-order valence-corrected chi connectivity index (χ2v) is 9.88. The summed E-state index contributed by atoms with van der Waals surface area (Å²) >= 11 is 0. The second kappa shape index (κ2) is 6.52. The predicted molar refractivity (Wildman–Crippen MR) is 97.9 cm³/mol. The molecule has 2 aliphatic rings. The Morgan fingerprint density at radius 1 is 1.12 bits per heavy atom. The largest absolute Gasteiger partial charge is 0.381 e. The lowest BCUT2D eigenvalue weighted by Gasteiger charge is -2.25. The van der Waals surface area contributed by atoms with Crippen LogP contribution < -0.4 is 15.4 Å². The smallest absolute Gasteiger partial charge is 0.329 e. The maximum Gasteiger partial charge on any atom is 0.329 e. The monoisotopic (exact) mass is 365 g/mol. The number of rotatable bonds is 4. The van der Waals surface area contributed by atoms with Crippen LogP contribution in [-0.2, 0) is 10.0 Å². The molecule has 0 radical (unpaired) electrons. The van der Waals surface area contributed by atoms with Crippen molar-refractivity contribution in [2.24, 2.45) is 11.8 Å². The van der Waals surface area contributed by atoms with Crippen LogP contribution in [0.4, 0.5) is 10.5 Å². The SMILES string of the molecule is CC(C)(C)NC(=O)NS(=O)(=O)c1ccccc1N[C@@H]1C[C@H]2CC[C@@H]1C2. The number of carbonyl (C=O) groups excluding carboxylic acids is 1. The molecule has 0 aromatic heterocycles. The molecule has 3 atom stereocenters. The topological polar surface area (TPSA) is 87.3 Å². The second-order valence-electron chi connectivity index (χ2n) is 8.23. The summed E-state index contributed by atoms with van der Waals surface area (Å²) < 4.78 is 27.5. The Balaban J connectivity index is 1.76. The predicted octanol–water partition coefficient (Wildman–Crippen LogP) is 3.07. The molecule has 2 aliphatic carbocycles. The Kier molecular flexibility index (Phi) is 4.70. The maximum atomic E-state index is 12.7. The van der Waals surface area contributed by atoms with Crippen molar-refractivity contribution in [1.82, 2.24) is 10.0 Å². The highest BCUT2D eigenvalue weighted by Gasteiger charge is 2.40. The molecule has 2 saturated carbocycles. The number of amides is 2. The van der Waals surface area contributed by atoms with Crippen molar-refractivity contribution in [2.75, 3.05) is 5.32 Å². The van der Waals surface area contributed by atoms with E-state index in [1.165, 1.54) is 25.3 Å². The maximum absolute atomic E-state index is 12.7. The van der Waals surface area contributed by atoms with Gasteiger partial charge in [0.05, 0.1) is 5.69 Å². The van der Waals surface area contributed by atoms with E-state index in [1.54, 1.807) is 32.9 Å². The van der Waals surface area contributed by atoms with Crippen molar-refractivity contribution in [3.63, 3.8) is 0 Å². The van der Waals surface area contributed by atoms with Crippen molar-refractivity contribution < 1.29 is 13.2 Å². The molecule has 6 nitrogen and oxygen atoms in total. The van der Waals surface area contributed by atoms with E-state index >= 15 is 0 Å². The van der Waals surface area contributed by atoms with Gasteiger partial charge >= 0.3 is 6.03 Å². The van der Waals surface area contributed by atoms with E-state index in [1.807, 2.05) is 6.07 Å². The standard InChI is InChI=1S/C18H27N3O3S/c1-18(2,3)20-17(22)21-25(23,24)16-7-5-4-6-14(16)19-15-11-12-8-9-13(15)10-12/h4-7,12-13,15,19H,8-11H2,1-3H3,(H2,20,21,22)/t12-,13+,15+/m0/s1. The highest BCUT2D eigenvalue weighted by molar-refractivity contribution is 7.90. The number of urea groups is 1. The molecule has 1 aromatic carbocycles. The normalized spacial score (nSPS) is 25.6. The van der Waals surface area contributed by atoms with E-state index in [4.69, 9.17) is 0 Å². The van der Waals surface area contributed by atoms with Crippen LogP contribution in [0.15, 0.2) is 29.2 Å². The first-order chi connectivity index (χ1) is 11.6. The summed E-state index contributed by atoms with van der Waals surface area (Å²) in [5.41, 5.74) is 0.0524. The quantitative estimate of drug-likeness (QED) is 0.765. The Morgan fingerprint density at radius 2 is 1.84 bits per heavy atom. The number of hydrogen-bond acceptors (Lipinski definition) is 4. The molecule has 0 unspecified atom stereocenters. The van der Waals surface area contributed by atoms with Crippen molar-refractivity contribution in [1.29, 1.82) is 0 Å². The van der Waals surface area contributed by atoms with Gasteiger partial charge in [-0.25, -0.2) is 17.9 Å². The van der Waals surface area contributed by atoms with Crippen LogP contribution in [0.3, 0.4) is 0 Å². The lowest BCUT2D eigenvalue weighted by atomic mass is 9.95.